The molecular formula is C22H16N2O4. The molecule has 138 valence electrons. The van der Waals surface area contributed by atoms with Gasteiger partial charge in [-0.1, -0.05) is 54.6 Å². The Kier molecular flexibility index (Phi) is 4.68. The van der Waals surface area contributed by atoms with Crippen LogP contribution in [0.3, 0.4) is 0 Å². The van der Waals surface area contributed by atoms with E-state index in [1.54, 1.807) is 36.4 Å². The van der Waals surface area contributed by atoms with E-state index < -0.39 is 5.97 Å². The summed E-state index contributed by atoms with van der Waals surface area (Å²) >= 11 is 0. The van der Waals surface area contributed by atoms with Crippen LogP contribution in [0.4, 0.5) is 0 Å². The number of carbonyl (C=O) groups excluding carboxylic acids is 2. The third-order valence-electron chi connectivity index (χ3n) is 4.52. The number of fused-ring (bicyclic) bond motifs is 2. The summed E-state index contributed by atoms with van der Waals surface area (Å²) in [5, 5.41) is 9.34. The molecule has 0 saturated carbocycles. The van der Waals surface area contributed by atoms with Crippen LogP contribution in [0.25, 0.3) is 21.5 Å². The topological polar surface area (TPSA) is 89.1 Å². The molecule has 3 aromatic carbocycles. The van der Waals surface area contributed by atoms with Crippen LogP contribution in [-0.2, 0) is 16.0 Å². The summed E-state index contributed by atoms with van der Waals surface area (Å²) in [6.07, 6.45) is -0.137. The fourth-order valence-corrected chi connectivity index (χ4v) is 3.09. The lowest BCUT2D eigenvalue weighted by molar-refractivity contribution is -0.141. The number of nitrogens with one attached hydrogen (secondary N) is 1. The molecule has 28 heavy (non-hydrogen) atoms. The van der Waals surface area contributed by atoms with Gasteiger partial charge in [-0.05, 0) is 22.9 Å². The second-order valence-corrected chi connectivity index (χ2v) is 6.37. The number of aromatic amines is 1. The molecule has 0 radical (unpaired) electrons. The lowest BCUT2D eigenvalue weighted by atomic mass is 10.0. The summed E-state index contributed by atoms with van der Waals surface area (Å²) in [5.74, 6) is -0.864. The highest BCUT2D eigenvalue weighted by atomic mass is 16.5. The van der Waals surface area contributed by atoms with Gasteiger partial charge in [-0.2, -0.15) is 5.10 Å². The average molecular weight is 372 g/mol. The van der Waals surface area contributed by atoms with Crippen LogP contribution in [0.15, 0.2) is 71.5 Å². The first-order valence-electron chi connectivity index (χ1n) is 8.76. The molecule has 4 aromatic rings. The van der Waals surface area contributed by atoms with Crippen molar-refractivity contribution >= 4 is 33.3 Å². The lowest BCUT2D eigenvalue weighted by Crippen LogP contribution is -2.18. The van der Waals surface area contributed by atoms with Gasteiger partial charge in [0.1, 0.15) is 0 Å². The van der Waals surface area contributed by atoms with E-state index in [-0.39, 0.29) is 24.4 Å². The summed E-state index contributed by atoms with van der Waals surface area (Å²) in [4.78, 5) is 36.3. The number of aromatic nitrogens is 2. The van der Waals surface area contributed by atoms with Crippen LogP contribution in [0.5, 0.6) is 0 Å². The van der Waals surface area contributed by atoms with Crippen LogP contribution < -0.4 is 5.56 Å². The second-order valence-electron chi connectivity index (χ2n) is 6.37. The zero-order valence-corrected chi connectivity index (χ0v) is 14.8. The minimum absolute atomic E-state index is 0.137. The van der Waals surface area contributed by atoms with Crippen molar-refractivity contribution in [2.45, 2.75) is 6.42 Å². The highest BCUT2D eigenvalue weighted by Gasteiger charge is 2.14. The number of ketones is 1. The molecule has 0 saturated heterocycles. The molecule has 0 aliphatic heterocycles. The Morgan fingerprint density at radius 1 is 0.893 bits per heavy atom. The molecule has 0 aliphatic rings. The predicted octanol–water partition coefficient (Wildman–Crippen LogP) is 3.04. The summed E-state index contributed by atoms with van der Waals surface area (Å²) in [7, 11) is 0. The monoisotopic (exact) mass is 372 g/mol. The Hall–Kier alpha value is -3.80. The maximum atomic E-state index is 12.4. The Balaban J connectivity index is 1.45. The number of H-pyrrole nitrogens is 1. The maximum absolute atomic E-state index is 12.4. The van der Waals surface area contributed by atoms with Crippen LogP contribution in [0.1, 0.15) is 16.1 Å². The molecule has 4 rings (SSSR count). The molecular weight excluding hydrogens is 356 g/mol. The number of Topliss-reactive ketones (excluding diaryl/α,β-unsaturated/α-hetero) is 1. The van der Waals surface area contributed by atoms with Crippen LogP contribution >= 0.6 is 0 Å². The van der Waals surface area contributed by atoms with E-state index in [1.165, 1.54) is 0 Å². The Labute approximate surface area is 159 Å². The summed E-state index contributed by atoms with van der Waals surface area (Å²) in [5.41, 5.74) is 0.566. The van der Waals surface area contributed by atoms with Gasteiger partial charge >= 0.3 is 5.97 Å². The van der Waals surface area contributed by atoms with Gasteiger partial charge < -0.3 is 4.74 Å². The van der Waals surface area contributed by atoms with Crippen molar-refractivity contribution in [2.24, 2.45) is 0 Å². The summed E-state index contributed by atoms with van der Waals surface area (Å²) < 4.78 is 5.13. The van der Waals surface area contributed by atoms with Crippen molar-refractivity contribution < 1.29 is 14.3 Å². The third-order valence-corrected chi connectivity index (χ3v) is 4.52. The van der Waals surface area contributed by atoms with Gasteiger partial charge in [0.25, 0.3) is 5.56 Å². The van der Waals surface area contributed by atoms with Crippen molar-refractivity contribution in [3.05, 3.63) is 88.3 Å². The Morgan fingerprint density at radius 2 is 1.61 bits per heavy atom. The van der Waals surface area contributed by atoms with Gasteiger partial charge in [0.15, 0.2) is 12.4 Å². The van der Waals surface area contributed by atoms with Crippen molar-refractivity contribution in [3.8, 4) is 0 Å². The number of nitrogens with zero attached hydrogens (tertiary/aromatic N) is 1. The SMILES string of the molecule is O=C(Cc1n[nH]c(=O)c2ccccc12)OCC(=O)c1ccc2ccccc2c1. The fraction of sp³-hybridized carbons (Fsp3) is 0.0909. The molecule has 0 bridgehead atoms. The van der Waals surface area contributed by atoms with Crippen molar-refractivity contribution in [2.75, 3.05) is 6.61 Å². The van der Waals surface area contributed by atoms with Crippen LogP contribution in [0, 0.1) is 0 Å². The predicted molar refractivity (Wildman–Crippen MR) is 105 cm³/mol. The minimum atomic E-state index is -0.584. The highest BCUT2D eigenvalue weighted by Crippen LogP contribution is 2.16. The van der Waals surface area contributed by atoms with Gasteiger partial charge in [-0.25, -0.2) is 5.10 Å². The number of carbonyl (C=O) groups is 2. The van der Waals surface area contributed by atoms with Gasteiger partial charge in [0, 0.05) is 10.9 Å². The molecule has 0 unspecified atom stereocenters. The van der Waals surface area contributed by atoms with Gasteiger partial charge in [-0.15, -0.1) is 0 Å². The quantitative estimate of drug-likeness (QED) is 0.430. The number of esters is 1. The van der Waals surface area contributed by atoms with E-state index in [2.05, 4.69) is 10.2 Å². The summed E-state index contributed by atoms with van der Waals surface area (Å²) in [6.45, 7) is -0.349. The first-order chi connectivity index (χ1) is 13.6. The van der Waals surface area contributed by atoms with Crippen molar-refractivity contribution in [3.63, 3.8) is 0 Å². The molecule has 0 atom stereocenters. The van der Waals surface area contributed by atoms with Gasteiger partial charge in [0.05, 0.1) is 17.5 Å². The summed E-state index contributed by atoms with van der Waals surface area (Å²) in [6, 6.07) is 20.0. The molecule has 0 fully saturated rings. The molecule has 0 amide bonds. The zero-order valence-electron chi connectivity index (χ0n) is 14.8. The molecule has 6 heteroatoms. The van der Waals surface area contributed by atoms with Crippen molar-refractivity contribution in [1.29, 1.82) is 0 Å². The largest absolute Gasteiger partial charge is 0.457 e. The number of rotatable bonds is 5. The molecule has 1 heterocycles. The molecule has 1 aromatic heterocycles. The molecule has 1 N–H and O–H groups in total. The number of hydrogen-bond acceptors (Lipinski definition) is 5. The zero-order chi connectivity index (χ0) is 19.5. The standard InChI is InChI=1S/C22H16N2O4/c25-20(16-10-9-14-5-1-2-6-15(14)11-16)13-28-21(26)12-19-17-7-3-4-8-18(17)22(27)24-23-19/h1-11H,12-13H2,(H,24,27). The van der Waals surface area contributed by atoms with Gasteiger partial charge in [0.2, 0.25) is 0 Å². The van der Waals surface area contributed by atoms with E-state index in [0.717, 1.165) is 10.8 Å². The molecule has 0 spiro atoms. The Bertz CT molecular complexity index is 1260. The van der Waals surface area contributed by atoms with Crippen molar-refractivity contribution in [1.82, 2.24) is 10.2 Å². The Morgan fingerprint density at radius 3 is 2.43 bits per heavy atom. The lowest BCUT2D eigenvalue weighted by Gasteiger charge is -2.07. The van der Waals surface area contributed by atoms with E-state index in [9.17, 15) is 14.4 Å². The average Bonchev–Trinajstić information content (AvgIpc) is 2.74. The van der Waals surface area contributed by atoms with E-state index in [1.807, 2.05) is 30.3 Å². The number of ether oxygens (including phenoxy) is 1. The third kappa shape index (κ3) is 3.53. The first-order valence-corrected chi connectivity index (χ1v) is 8.76. The van der Waals surface area contributed by atoms with Crippen LogP contribution in [-0.4, -0.2) is 28.6 Å². The maximum Gasteiger partial charge on any atom is 0.312 e. The smallest absolute Gasteiger partial charge is 0.312 e. The van der Waals surface area contributed by atoms with E-state index in [4.69, 9.17) is 4.74 Å². The first kappa shape index (κ1) is 17.6. The molecule has 6 nitrogen and oxygen atoms in total. The van der Waals surface area contributed by atoms with E-state index >= 15 is 0 Å². The second kappa shape index (κ2) is 7.44. The normalized spacial score (nSPS) is 10.9. The minimum Gasteiger partial charge on any atom is -0.457 e. The number of benzene rings is 3. The fourth-order valence-electron chi connectivity index (χ4n) is 3.09. The van der Waals surface area contributed by atoms with E-state index in [0.29, 0.717) is 22.0 Å². The highest BCUT2D eigenvalue weighted by molar-refractivity contribution is 6.01. The van der Waals surface area contributed by atoms with Gasteiger partial charge in [-0.3, -0.25) is 14.4 Å². The van der Waals surface area contributed by atoms with Crippen LogP contribution in [0.2, 0.25) is 0 Å². The number of hydrogen-bond donors (Lipinski definition) is 1. The molecule has 0 aliphatic carbocycles.